The Bertz CT molecular complexity index is 356. The van der Waals surface area contributed by atoms with Gasteiger partial charge in [0.05, 0.1) is 12.0 Å². The molecule has 2 N–H and O–H groups in total. The number of hydrogen-bond acceptors (Lipinski definition) is 3. The van der Waals surface area contributed by atoms with Crippen molar-refractivity contribution in [1.29, 1.82) is 0 Å². The molecule has 1 heterocycles. The summed E-state index contributed by atoms with van der Waals surface area (Å²) in [6, 6.07) is 0.498. The zero-order chi connectivity index (χ0) is 14.6. The number of piperidine rings is 1. The lowest BCUT2D eigenvalue weighted by Crippen LogP contribution is -2.49. The lowest BCUT2D eigenvalue weighted by molar-refractivity contribution is -0.154. The summed E-state index contributed by atoms with van der Waals surface area (Å²) in [5, 5.41) is 12.7. The van der Waals surface area contributed by atoms with Gasteiger partial charge in [0, 0.05) is 19.1 Å². The number of carbonyl (C=O) groups excluding carboxylic acids is 1. The summed E-state index contributed by atoms with van der Waals surface area (Å²) in [6.45, 7) is 3.47. The van der Waals surface area contributed by atoms with Gasteiger partial charge in [-0.25, -0.2) is 0 Å². The monoisotopic (exact) mass is 282 g/mol. The highest BCUT2D eigenvalue weighted by atomic mass is 16.4. The maximum absolute atomic E-state index is 12.1. The third kappa shape index (κ3) is 3.32. The van der Waals surface area contributed by atoms with Gasteiger partial charge in [-0.3, -0.25) is 9.59 Å². The topological polar surface area (TPSA) is 69.6 Å². The standard InChI is InChI=1S/C15H26N2O3/c1-2-15(14(19)20)7-9-17(10-8-15)13(18)11-16-12-5-3-4-6-12/h12,16H,2-11H2,1H3,(H,19,20). The van der Waals surface area contributed by atoms with Gasteiger partial charge < -0.3 is 15.3 Å². The van der Waals surface area contributed by atoms with E-state index in [-0.39, 0.29) is 5.91 Å². The number of aliphatic carboxylic acids is 1. The van der Waals surface area contributed by atoms with E-state index in [1.165, 1.54) is 25.7 Å². The van der Waals surface area contributed by atoms with Crippen LogP contribution in [-0.4, -0.2) is 47.6 Å². The molecule has 5 nitrogen and oxygen atoms in total. The average Bonchev–Trinajstić information content (AvgIpc) is 2.98. The van der Waals surface area contributed by atoms with E-state index < -0.39 is 11.4 Å². The molecule has 1 saturated heterocycles. The highest BCUT2D eigenvalue weighted by molar-refractivity contribution is 5.79. The normalized spacial score (nSPS) is 22.9. The van der Waals surface area contributed by atoms with Gasteiger partial charge in [0.25, 0.3) is 0 Å². The van der Waals surface area contributed by atoms with Crippen LogP contribution in [0.1, 0.15) is 51.9 Å². The van der Waals surface area contributed by atoms with E-state index in [1.807, 2.05) is 11.8 Å². The summed E-state index contributed by atoms with van der Waals surface area (Å²) in [4.78, 5) is 25.3. The van der Waals surface area contributed by atoms with Gasteiger partial charge in [-0.1, -0.05) is 19.8 Å². The number of carboxylic acid groups (broad SMARTS) is 1. The first kappa shape index (κ1) is 15.3. The maximum atomic E-state index is 12.1. The van der Waals surface area contributed by atoms with Crippen LogP contribution >= 0.6 is 0 Å². The van der Waals surface area contributed by atoms with E-state index in [2.05, 4.69) is 5.32 Å². The summed E-state index contributed by atoms with van der Waals surface area (Å²) in [7, 11) is 0. The molecule has 0 radical (unpaired) electrons. The number of rotatable bonds is 5. The number of nitrogens with one attached hydrogen (secondary N) is 1. The Morgan fingerprint density at radius 1 is 1.25 bits per heavy atom. The van der Waals surface area contributed by atoms with Crippen molar-refractivity contribution in [2.75, 3.05) is 19.6 Å². The summed E-state index contributed by atoms with van der Waals surface area (Å²) < 4.78 is 0. The quantitative estimate of drug-likeness (QED) is 0.804. The van der Waals surface area contributed by atoms with Crippen molar-refractivity contribution in [3.63, 3.8) is 0 Å². The second kappa shape index (κ2) is 6.57. The van der Waals surface area contributed by atoms with Crippen LogP contribution in [0.3, 0.4) is 0 Å². The Morgan fingerprint density at radius 3 is 2.35 bits per heavy atom. The summed E-state index contributed by atoms with van der Waals surface area (Å²) >= 11 is 0. The molecule has 0 aromatic rings. The second-order valence-corrected chi connectivity index (χ2v) is 6.18. The number of carbonyl (C=O) groups is 2. The third-order valence-corrected chi connectivity index (χ3v) is 5.10. The largest absolute Gasteiger partial charge is 0.481 e. The van der Waals surface area contributed by atoms with Gasteiger partial charge in [0.2, 0.25) is 5.91 Å². The van der Waals surface area contributed by atoms with Crippen LogP contribution in [0.15, 0.2) is 0 Å². The predicted molar refractivity (Wildman–Crippen MR) is 76.4 cm³/mol. The van der Waals surface area contributed by atoms with Gasteiger partial charge >= 0.3 is 5.97 Å². The number of carboxylic acids is 1. The van der Waals surface area contributed by atoms with Crippen molar-refractivity contribution in [2.24, 2.45) is 5.41 Å². The summed E-state index contributed by atoms with van der Waals surface area (Å²) in [6.07, 6.45) is 6.66. The van der Waals surface area contributed by atoms with Crippen molar-refractivity contribution in [2.45, 2.75) is 57.9 Å². The van der Waals surface area contributed by atoms with E-state index >= 15 is 0 Å². The third-order valence-electron chi connectivity index (χ3n) is 5.10. The highest BCUT2D eigenvalue weighted by Crippen LogP contribution is 2.35. The van der Waals surface area contributed by atoms with Crippen LogP contribution in [0.4, 0.5) is 0 Å². The predicted octanol–water partition coefficient (Wildman–Crippen LogP) is 1.62. The smallest absolute Gasteiger partial charge is 0.309 e. The minimum absolute atomic E-state index is 0.118. The fraction of sp³-hybridized carbons (Fsp3) is 0.867. The Kier molecular flexibility index (Phi) is 5.02. The first-order valence-corrected chi connectivity index (χ1v) is 7.82. The van der Waals surface area contributed by atoms with Crippen molar-refractivity contribution >= 4 is 11.9 Å². The molecule has 1 saturated carbocycles. The molecule has 114 valence electrons. The molecule has 1 aliphatic carbocycles. The molecule has 5 heteroatoms. The van der Waals surface area contributed by atoms with Gasteiger partial charge in [-0.2, -0.15) is 0 Å². The lowest BCUT2D eigenvalue weighted by Gasteiger charge is -2.38. The van der Waals surface area contributed by atoms with Crippen LogP contribution in [0.25, 0.3) is 0 Å². The molecule has 2 rings (SSSR count). The number of nitrogens with zero attached hydrogens (tertiary/aromatic N) is 1. The van der Waals surface area contributed by atoms with Gasteiger partial charge in [-0.15, -0.1) is 0 Å². The zero-order valence-electron chi connectivity index (χ0n) is 12.4. The van der Waals surface area contributed by atoms with Gasteiger partial charge in [0.1, 0.15) is 0 Å². The minimum atomic E-state index is -0.712. The molecule has 1 aliphatic heterocycles. The van der Waals surface area contributed by atoms with E-state index in [4.69, 9.17) is 0 Å². The summed E-state index contributed by atoms with van der Waals surface area (Å²) in [5.41, 5.74) is -0.615. The van der Waals surface area contributed by atoms with Crippen molar-refractivity contribution in [3.8, 4) is 0 Å². The van der Waals surface area contributed by atoms with Crippen molar-refractivity contribution in [3.05, 3.63) is 0 Å². The molecule has 0 aromatic heterocycles. The lowest BCUT2D eigenvalue weighted by atomic mass is 9.76. The number of likely N-dealkylation sites (tertiary alicyclic amines) is 1. The first-order chi connectivity index (χ1) is 9.57. The Morgan fingerprint density at radius 2 is 1.85 bits per heavy atom. The number of hydrogen-bond donors (Lipinski definition) is 2. The zero-order valence-corrected chi connectivity index (χ0v) is 12.4. The molecular formula is C15H26N2O3. The molecule has 2 aliphatic rings. The van der Waals surface area contributed by atoms with E-state index in [0.29, 0.717) is 44.9 Å². The minimum Gasteiger partial charge on any atom is -0.481 e. The number of amides is 1. The Hall–Kier alpha value is -1.10. The Balaban J connectivity index is 1.77. The van der Waals surface area contributed by atoms with Crippen LogP contribution in [0.2, 0.25) is 0 Å². The van der Waals surface area contributed by atoms with Crippen LogP contribution in [-0.2, 0) is 9.59 Å². The van der Waals surface area contributed by atoms with Crippen LogP contribution in [0.5, 0.6) is 0 Å². The average molecular weight is 282 g/mol. The molecule has 2 fully saturated rings. The molecule has 1 amide bonds. The second-order valence-electron chi connectivity index (χ2n) is 6.18. The van der Waals surface area contributed by atoms with Crippen molar-refractivity contribution < 1.29 is 14.7 Å². The molecule has 0 bridgehead atoms. The molecule has 20 heavy (non-hydrogen) atoms. The summed E-state index contributed by atoms with van der Waals surface area (Å²) in [5.74, 6) is -0.594. The fourth-order valence-electron chi connectivity index (χ4n) is 3.38. The van der Waals surface area contributed by atoms with Crippen LogP contribution < -0.4 is 5.32 Å². The van der Waals surface area contributed by atoms with E-state index in [0.717, 1.165) is 0 Å². The first-order valence-electron chi connectivity index (χ1n) is 7.82. The van der Waals surface area contributed by atoms with Gasteiger partial charge in [-0.05, 0) is 32.1 Å². The van der Waals surface area contributed by atoms with Crippen molar-refractivity contribution in [1.82, 2.24) is 10.2 Å². The van der Waals surface area contributed by atoms with E-state index in [9.17, 15) is 14.7 Å². The molecule has 0 aromatic carbocycles. The Labute approximate surface area is 120 Å². The molecule has 0 unspecified atom stereocenters. The molecular weight excluding hydrogens is 256 g/mol. The van der Waals surface area contributed by atoms with Crippen LogP contribution in [0, 0.1) is 5.41 Å². The van der Waals surface area contributed by atoms with E-state index in [1.54, 1.807) is 0 Å². The fourth-order valence-corrected chi connectivity index (χ4v) is 3.38. The molecule has 0 atom stereocenters. The SMILES string of the molecule is CCC1(C(=O)O)CCN(C(=O)CNC2CCCC2)CC1. The van der Waals surface area contributed by atoms with Gasteiger partial charge in [0.15, 0.2) is 0 Å². The highest BCUT2D eigenvalue weighted by Gasteiger charge is 2.40. The molecule has 0 spiro atoms. The maximum Gasteiger partial charge on any atom is 0.309 e.